The van der Waals surface area contributed by atoms with E-state index in [0.29, 0.717) is 27.1 Å². The summed E-state index contributed by atoms with van der Waals surface area (Å²) in [6.07, 6.45) is 3.18. The third-order valence-corrected chi connectivity index (χ3v) is 4.71. The molecule has 0 aliphatic carbocycles. The maximum Gasteiger partial charge on any atom is 0.249 e. The van der Waals surface area contributed by atoms with Crippen molar-refractivity contribution in [3.05, 3.63) is 52.8 Å². The second-order valence-electron chi connectivity index (χ2n) is 5.83. The first-order chi connectivity index (χ1) is 13.0. The molecule has 0 spiro atoms. The van der Waals surface area contributed by atoms with E-state index >= 15 is 0 Å². The summed E-state index contributed by atoms with van der Waals surface area (Å²) in [5.74, 6) is -0.152. The van der Waals surface area contributed by atoms with Gasteiger partial charge in [0.05, 0.1) is 16.5 Å². The maximum atomic E-state index is 12.7. The molecule has 1 aromatic carbocycles. The van der Waals surface area contributed by atoms with E-state index in [4.69, 9.17) is 23.2 Å². The number of aromatic nitrogens is 4. The van der Waals surface area contributed by atoms with Gasteiger partial charge in [-0.05, 0) is 30.3 Å². The molecule has 27 heavy (non-hydrogen) atoms. The summed E-state index contributed by atoms with van der Waals surface area (Å²) in [4.78, 5) is 33.1. The summed E-state index contributed by atoms with van der Waals surface area (Å²) in [7, 11) is 0. The average Bonchev–Trinajstić information content (AvgIpc) is 3.08. The number of carbonyl (C=O) groups is 2. The fourth-order valence-corrected chi connectivity index (χ4v) is 2.98. The van der Waals surface area contributed by atoms with Gasteiger partial charge in [-0.1, -0.05) is 23.2 Å². The van der Waals surface area contributed by atoms with E-state index in [1.165, 1.54) is 10.7 Å². The van der Waals surface area contributed by atoms with Crippen molar-refractivity contribution in [2.75, 3.05) is 10.6 Å². The number of carbonyl (C=O) groups excluding carboxylic acids is 2. The van der Waals surface area contributed by atoms with Crippen LogP contribution in [0.15, 0.2) is 42.7 Å². The maximum absolute atomic E-state index is 12.7. The number of fused-ring (bicyclic) bond motifs is 1. The van der Waals surface area contributed by atoms with Gasteiger partial charge < -0.3 is 5.32 Å². The van der Waals surface area contributed by atoms with Crippen LogP contribution in [0.1, 0.15) is 12.5 Å². The lowest BCUT2D eigenvalue weighted by atomic mass is 10.1. The van der Waals surface area contributed by atoms with Crippen molar-refractivity contribution in [3.63, 3.8) is 0 Å². The standard InChI is InChI=1S/C17H12Cl2N6O2/c18-11-4-3-10(6-12(11)19)21-16(27)13-7-14(26)22-17-23-15(24-25(13)17)9-2-1-5-20-8-9/h1-6,8,13H,7H2,(H,21,27)(H,22,23,24,26)/t13-/m1/s1. The quantitative estimate of drug-likeness (QED) is 0.700. The molecule has 0 fully saturated rings. The van der Waals surface area contributed by atoms with Crippen molar-refractivity contribution in [1.29, 1.82) is 0 Å². The van der Waals surface area contributed by atoms with Crippen LogP contribution in [-0.2, 0) is 9.59 Å². The van der Waals surface area contributed by atoms with E-state index in [-0.39, 0.29) is 18.3 Å². The fraction of sp³-hybridized carbons (Fsp3) is 0.118. The Kier molecular flexibility index (Phi) is 4.51. The number of amides is 2. The van der Waals surface area contributed by atoms with Crippen LogP contribution in [0.2, 0.25) is 10.0 Å². The highest BCUT2D eigenvalue weighted by Gasteiger charge is 2.33. The molecular weight excluding hydrogens is 391 g/mol. The number of halogens is 2. The predicted molar refractivity (Wildman–Crippen MR) is 101 cm³/mol. The number of pyridine rings is 1. The zero-order valence-corrected chi connectivity index (χ0v) is 15.2. The molecule has 1 aliphatic rings. The van der Waals surface area contributed by atoms with Crippen molar-refractivity contribution < 1.29 is 9.59 Å². The van der Waals surface area contributed by atoms with Crippen molar-refractivity contribution in [1.82, 2.24) is 19.7 Å². The van der Waals surface area contributed by atoms with E-state index in [9.17, 15) is 9.59 Å². The van der Waals surface area contributed by atoms with Crippen molar-refractivity contribution in [2.45, 2.75) is 12.5 Å². The Morgan fingerprint density at radius 2 is 2.11 bits per heavy atom. The summed E-state index contributed by atoms with van der Waals surface area (Å²) in [5.41, 5.74) is 1.15. The van der Waals surface area contributed by atoms with E-state index in [0.717, 1.165) is 0 Å². The van der Waals surface area contributed by atoms with Crippen LogP contribution in [0.25, 0.3) is 11.4 Å². The Bertz CT molecular complexity index is 1040. The van der Waals surface area contributed by atoms with E-state index < -0.39 is 11.9 Å². The first kappa shape index (κ1) is 17.4. The highest BCUT2D eigenvalue weighted by atomic mass is 35.5. The summed E-state index contributed by atoms with van der Waals surface area (Å²) < 4.78 is 1.40. The number of hydrogen-bond donors (Lipinski definition) is 2. The molecule has 0 saturated carbocycles. The first-order valence-electron chi connectivity index (χ1n) is 7.94. The van der Waals surface area contributed by atoms with Gasteiger partial charge in [0, 0.05) is 23.6 Å². The van der Waals surface area contributed by atoms with Gasteiger partial charge >= 0.3 is 0 Å². The number of nitrogens with zero attached hydrogens (tertiary/aromatic N) is 4. The molecule has 1 atom stereocenters. The summed E-state index contributed by atoms with van der Waals surface area (Å²) in [6, 6.07) is 7.44. The highest BCUT2D eigenvalue weighted by molar-refractivity contribution is 6.42. The zero-order valence-electron chi connectivity index (χ0n) is 13.7. The normalized spacial score (nSPS) is 15.8. The van der Waals surface area contributed by atoms with E-state index in [1.54, 1.807) is 36.7 Å². The Balaban J connectivity index is 1.64. The van der Waals surface area contributed by atoms with E-state index in [2.05, 4.69) is 25.7 Å². The largest absolute Gasteiger partial charge is 0.324 e. The Morgan fingerprint density at radius 1 is 1.26 bits per heavy atom. The molecule has 136 valence electrons. The fourth-order valence-electron chi connectivity index (χ4n) is 2.68. The van der Waals surface area contributed by atoms with Gasteiger partial charge in [-0.3, -0.25) is 19.9 Å². The molecule has 10 heteroatoms. The molecule has 3 heterocycles. The molecule has 1 aliphatic heterocycles. The van der Waals surface area contributed by atoms with Crippen molar-refractivity contribution >= 4 is 46.7 Å². The van der Waals surface area contributed by atoms with Crippen LogP contribution in [0.4, 0.5) is 11.6 Å². The minimum absolute atomic E-state index is 0.0595. The Hall–Kier alpha value is -2.97. The number of nitrogens with one attached hydrogen (secondary N) is 2. The number of anilines is 2. The minimum Gasteiger partial charge on any atom is -0.324 e. The second kappa shape index (κ2) is 6.98. The molecule has 2 N–H and O–H groups in total. The smallest absolute Gasteiger partial charge is 0.249 e. The van der Waals surface area contributed by atoms with Crippen LogP contribution < -0.4 is 10.6 Å². The second-order valence-corrected chi connectivity index (χ2v) is 6.65. The Labute approximate surface area is 163 Å². The van der Waals surface area contributed by atoms with Gasteiger partial charge in [0.2, 0.25) is 17.8 Å². The minimum atomic E-state index is -0.846. The summed E-state index contributed by atoms with van der Waals surface area (Å²) in [5, 5.41) is 10.4. The van der Waals surface area contributed by atoms with Crippen LogP contribution in [0, 0.1) is 0 Å². The van der Waals surface area contributed by atoms with Crippen molar-refractivity contribution in [2.24, 2.45) is 0 Å². The number of benzene rings is 1. The van der Waals surface area contributed by atoms with Crippen molar-refractivity contribution in [3.8, 4) is 11.4 Å². The summed E-state index contributed by atoms with van der Waals surface area (Å²) >= 11 is 11.9. The molecule has 3 aromatic rings. The lowest BCUT2D eigenvalue weighted by molar-refractivity contribution is -0.125. The average molecular weight is 403 g/mol. The van der Waals surface area contributed by atoms with Crippen LogP contribution in [0.3, 0.4) is 0 Å². The number of rotatable bonds is 3. The van der Waals surface area contributed by atoms with Gasteiger partial charge in [-0.15, -0.1) is 5.10 Å². The molecule has 0 radical (unpaired) electrons. The molecule has 2 amide bonds. The lowest BCUT2D eigenvalue weighted by Gasteiger charge is -2.22. The summed E-state index contributed by atoms with van der Waals surface area (Å²) in [6.45, 7) is 0. The van der Waals surface area contributed by atoms with Crippen LogP contribution in [-0.4, -0.2) is 31.6 Å². The van der Waals surface area contributed by atoms with Crippen LogP contribution in [0.5, 0.6) is 0 Å². The van der Waals surface area contributed by atoms with Gasteiger partial charge in [0.25, 0.3) is 0 Å². The molecule has 0 unspecified atom stereocenters. The lowest BCUT2D eigenvalue weighted by Crippen LogP contribution is -2.36. The molecule has 0 saturated heterocycles. The van der Waals surface area contributed by atoms with Gasteiger partial charge in [0.1, 0.15) is 6.04 Å². The first-order valence-corrected chi connectivity index (χ1v) is 8.69. The molecule has 4 rings (SSSR count). The molecule has 0 bridgehead atoms. The molecule has 2 aromatic heterocycles. The third kappa shape index (κ3) is 3.49. The topological polar surface area (TPSA) is 102 Å². The molecular formula is C17H12Cl2N6O2. The van der Waals surface area contributed by atoms with Gasteiger partial charge in [-0.25, -0.2) is 4.68 Å². The third-order valence-electron chi connectivity index (χ3n) is 3.97. The van der Waals surface area contributed by atoms with Gasteiger partial charge in [0.15, 0.2) is 5.82 Å². The Morgan fingerprint density at radius 3 is 2.85 bits per heavy atom. The number of hydrogen-bond acceptors (Lipinski definition) is 5. The monoisotopic (exact) mass is 402 g/mol. The highest BCUT2D eigenvalue weighted by Crippen LogP contribution is 2.29. The predicted octanol–water partition coefficient (Wildman–Crippen LogP) is 3.17. The zero-order chi connectivity index (χ0) is 19.0. The van der Waals surface area contributed by atoms with Crippen LogP contribution >= 0.6 is 23.2 Å². The molecule has 8 nitrogen and oxygen atoms in total. The SMILES string of the molecule is O=C1C[C@H](C(=O)Nc2ccc(Cl)c(Cl)c2)n2nc(-c3cccnc3)nc2N1. The van der Waals surface area contributed by atoms with E-state index in [1.807, 2.05) is 0 Å². The van der Waals surface area contributed by atoms with Gasteiger partial charge in [-0.2, -0.15) is 4.98 Å².